The number of nitrogens with one attached hydrogen (secondary N) is 1. The fraction of sp³-hybridized carbons (Fsp3) is 0.357. The monoisotopic (exact) mass is 309 g/mol. The zero-order valence-electron chi connectivity index (χ0n) is 11.4. The zero-order valence-corrected chi connectivity index (χ0v) is 13.0. The number of halogens is 1. The maximum Gasteiger partial charge on any atom is 0.265 e. The third kappa shape index (κ3) is 3.55. The van der Waals surface area contributed by atoms with Gasteiger partial charge in [0.25, 0.3) is 5.91 Å². The van der Waals surface area contributed by atoms with Crippen LogP contribution in [0.5, 0.6) is 0 Å². The molecule has 6 heteroatoms. The highest BCUT2D eigenvalue weighted by atomic mass is 35.5. The SMILES string of the molecule is CCc1nnsc1C(=O)N[C@@H](C)Cc1ccccc1Cl. The first-order chi connectivity index (χ1) is 9.61. The lowest BCUT2D eigenvalue weighted by molar-refractivity contribution is 0.0943. The molecule has 0 aliphatic carbocycles. The Morgan fingerprint density at radius 2 is 2.20 bits per heavy atom. The van der Waals surface area contributed by atoms with Gasteiger partial charge < -0.3 is 5.32 Å². The quantitative estimate of drug-likeness (QED) is 0.923. The van der Waals surface area contributed by atoms with Crippen LogP contribution in [0.4, 0.5) is 0 Å². The van der Waals surface area contributed by atoms with Gasteiger partial charge in [0.15, 0.2) is 0 Å². The first-order valence-corrected chi connectivity index (χ1v) is 7.62. The summed E-state index contributed by atoms with van der Waals surface area (Å²) in [4.78, 5) is 12.8. The maximum atomic E-state index is 12.2. The Morgan fingerprint density at radius 3 is 2.90 bits per heavy atom. The van der Waals surface area contributed by atoms with Crippen molar-refractivity contribution < 1.29 is 4.79 Å². The van der Waals surface area contributed by atoms with Gasteiger partial charge in [-0.05, 0) is 42.9 Å². The summed E-state index contributed by atoms with van der Waals surface area (Å²) in [5.41, 5.74) is 1.78. The molecule has 106 valence electrons. The number of aromatic nitrogens is 2. The van der Waals surface area contributed by atoms with Crippen molar-refractivity contribution in [2.45, 2.75) is 32.7 Å². The Morgan fingerprint density at radius 1 is 1.45 bits per heavy atom. The molecule has 0 bridgehead atoms. The van der Waals surface area contributed by atoms with Crippen molar-refractivity contribution >= 4 is 29.0 Å². The largest absolute Gasteiger partial charge is 0.348 e. The predicted octanol–water partition coefficient (Wildman–Crippen LogP) is 3.11. The fourth-order valence-electron chi connectivity index (χ4n) is 1.95. The van der Waals surface area contributed by atoms with Gasteiger partial charge in [-0.15, -0.1) is 5.10 Å². The van der Waals surface area contributed by atoms with Crippen molar-refractivity contribution in [2.24, 2.45) is 0 Å². The minimum Gasteiger partial charge on any atom is -0.348 e. The summed E-state index contributed by atoms with van der Waals surface area (Å²) in [6.07, 6.45) is 1.40. The van der Waals surface area contributed by atoms with Gasteiger partial charge in [0.05, 0.1) is 5.69 Å². The number of nitrogens with zero attached hydrogens (tertiary/aromatic N) is 2. The summed E-state index contributed by atoms with van der Waals surface area (Å²) in [5, 5.41) is 7.64. The molecule has 1 aromatic carbocycles. The van der Waals surface area contributed by atoms with Crippen LogP contribution < -0.4 is 5.32 Å². The summed E-state index contributed by atoms with van der Waals surface area (Å²) in [7, 11) is 0. The third-order valence-electron chi connectivity index (χ3n) is 2.96. The van der Waals surface area contributed by atoms with Crippen molar-refractivity contribution in [1.29, 1.82) is 0 Å². The van der Waals surface area contributed by atoms with E-state index in [0.29, 0.717) is 17.7 Å². The molecule has 1 amide bonds. The van der Waals surface area contributed by atoms with Gasteiger partial charge in [-0.1, -0.05) is 41.2 Å². The van der Waals surface area contributed by atoms with E-state index in [0.717, 1.165) is 27.8 Å². The number of carbonyl (C=O) groups excluding carboxylic acids is 1. The molecule has 0 unspecified atom stereocenters. The summed E-state index contributed by atoms with van der Waals surface area (Å²) in [6, 6.07) is 7.66. The van der Waals surface area contributed by atoms with Crippen molar-refractivity contribution in [3.05, 3.63) is 45.4 Å². The van der Waals surface area contributed by atoms with Crippen LogP contribution in [0, 0.1) is 0 Å². The lowest BCUT2D eigenvalue weighted by atomic mass is 10.1. The average Bonchev–Trinajstić information content (AvgIpc) is 2.89. The van der Waals surface area contributed by atoms with Crippen molar-refractivity contribution in [2.75, 3.05) is 0 Å². The molecule has 0 fully saturated rings. The van der Waals surface area contributed by atoms with E-state index in [4.69, 9.17) is 11.6 Å². The van der Waals surface area contributed by atoms with Gasteiger partial charge in [-0.2, -0.15) is 0 Å². The molecule has 0 radical (unpaired) electrons. The van der Waals surface area contributed by atoms with E-state index in [1.807, 2.05) is 38.1 Å². The van der Waals surface area contributed by atoms with Crippen LogP contribution in [0.3, 0.4) is 0 Å². The van der Waals surface area contributed by atoms with Crippen LogP contribution in [0.2, 0.25) is 5.02 Å². The molecule has 1 heterocycles. The molecule has 20 heavy (non-hydrogen) atoms. The second-order valence-corrected chi connectivity index (χ2v) is 5.73. The highest BCUT2D eigenvalue weighted by molar-refractivity contribution is 7.08. The minimum atomic E-state index is -0.114. The van der Waals surface area contributed by atoms with E-state index in [1.54, 1.807) is 0 Å². The number of carbonyl (C=O) groups is 1. The molecule has 1 aromatic heterocycles. The maximum absolute atomic E-state index is 12.2. The van der Waals surface area contributed by atoms with Crippen LogP contribution in [-0.2, 0) is 12.8 Å². The Kier molecular flexibility index (Phi) is 5.09. The van der Waals surface area contributed by atoms with Gasteiger partial charge >= 0.3 is 0 Å². The minimum absolute atomic E-state index is 0.00536. The van der Waals surface area contributed by atoms with Crippen LogP contribution in [0.1, 0.15) is 34.8 Å². The predicted molar refractivity (Wildman–Crippen MR) is 81.4 cm³/mol. The van der Waals surface area contributed by atoms with Crippen LogP contribution in [0.15, 0.2) is 24.3 Å². The molecule has 1 N–H and O–H groups in total. The van der Waals surface area contributed by atoms with E-state index >= 15 is 0 Å². The van der Waals surface area contributed by atoms with Crippen molar-refractivity contribution in [3.8, 4) is 0 Å². The average molecular weight is 310 g/mol. The van der Waals surface area contributed by atoms with Gasteiger partial charge in [0, 0.05) is 11.1 Å². The van der Waals surface area contributed by atoms with Crippen molar-refractivity contribution in [1.82, 2.24) is 14.9 Å². The molecule has 1 atom stereocenters. The van der Waals surface area contributed by atoms with Crippen LogP contribution in [0.25, 0.3) is 0 Å². The molecule has 0 spiro atoms. The Labute approximate surface area is 127 Å². The topological polar surface area (TPSA) is 54.9 Å². The fourth-order valence-corrected chi connectivity index (χ4v) is 2.81. The van der Waals surface area contributed by atoms with Gasteiger partial charge in [0.1, 0.15) is 4.88 Å². The highest BCUT2D eigenvalue weighted by Crippen LogP contribution is 2.17. The number of hydrogen-bond donors (Lipinski definition) is 1. The first-order valence-electron chi connectivity index (χ1n) is 6.47. The summed E-state index contributed by atoms with van der Waals surface area (Å²) in [6.45, 7) is 3.92. The molecule has 0 aliphatic heterocycles. The van der Waals surface area contributed by atoms with E-state index in [-0.39, 0.29) is 11.9 Å². The van der Waals surface area contributed by atoms with Gasteiger partial charge in [-0.3, -0.25) is 4.79 Å². The van der Waals surface area contributed by atoms with Gasteiger partial charge in [-0.25, -0.2) is 0 Å². The summed E-state index contributed by atoms with van der Waals surface area (Å²) < 4.78 is 3.83. The first kappa shape index (κ1) is 14.9. The molecule has 4 nitrogen and oxygen atoms in total. The number of rotatable bonds is 5. The van der Waals surface area contributed by atoms with E-state index < -0.39 is 0 Å². The number of benzene rings is 1. The standard InChI is InChI=1S/C14H16ClN3OS/c1-3-12-13(20-18-17-12)14(19)16-9(2)8-10-6-4-5-7-11(10)15/h4-7,9H,3,8H2,1-2H3,(H,16,19)/t9-/m0/s1. The smallest absolute Gasteiger partial charge is 0.265 e. The van der Waals surface area contributed by atoms with Crippen molar-refractivity contribution in [3.63, 3.8) is 0 Å². The highest BCUT2D eigenvalue weighted by Gasteiger charge is 2.17. The molecular formula is C14H16ClN3OS. The molecule has 2 aromatic rings. The molecular weight excluding hydrogens is 294 g/mol. The lowest BCUT2D eigenvalue weighted by Crippen LogP contribution is -2.34. The third-order valence-corrected chi connectivity index (χ3v) is 4.09. The molecule has 0 saturated carbocycles. The van der Waals surface area contributed by atoms with E-state index in [9.17, 15) is 4.79 Å². The summed E-state index contributed by atoms with van der Waals surface area (Å²) >= 11 is 7.26. The van der Waals surface area contributed by atoms with Crippen LogP contribution >= 0.6 is 23.1 Å². The van der Waals surface area contributed by atoms with Crippen LogP contribution in [-0.4, -0.2) is 21.5 Å². The lowest BCUT2D eigenvalue weighted by Gasteiger charge is -2.14. The number of amides is 1. The summed E-state index contributed by atoms with van der Waals surface area (Å²) in [5.74, 6) is -0.114. The normalized spacial score (nSPS) is 12.2. The number of aryl methyl sites for hydroxylation is 1. The second-order valence-electron chi connectivity index (χ2n) is 4.57. The molecule has 2 rings (SSSR count). The molecule has 0 aliphatic rings. The second kappa shape index (κ2) is 6.81. The molecule has 0 saturated heterocycles. The number of hydrogen-bond acceptors (Lipinski definition) is 4. The van der Waals surface area contributed by atoms with E-state index in [1.165, 1.54) is 0 Å². The van der Waals surface area contributed by atoms with E-state index in [2.05, 4.69) is 14.9 Å². The Balaban J connectivity index is 2.00. The Hall–Kier alpha value is -1.46. The zero-order chi connectivity index (χ0) is 14.5. The Bertz CT molecular complexity index is 600. The van der Waals surface area contributed by atoms with Gasteiger partial charge in [0.2, 0.25) is 0 Å².